The van der Waals surface area contributed by atoms with Gasteiger partial charge in [0.15, 0.2) is 0 Å². The Bertz CT molecular complexity index is 2770. The fourth-order valence-electron chi connectivity index (χ4n) is 25.1. The standard InChI is InChI=1S/C68H84N2O5/c1-61-21-45-22-62(2,33-61)36-67(31-45,35-61)49-15-47(5-7-57(49)74-59-19-55(71)53(69)17-51(59)65-25-39-9-40(26-65)11-41(10-39)27-65)73-48-6-8-58(50(16-48)68-32-46-23-63(3,37-68)34-64(4,24-46)38-68)75-60-20-56(72)54(70)18-52(60)66-28-42-12-43(29-66)14-44(13-42)30-66/h5-8,15-20,39-46,71-72H,9-14,21-38,69-70H2,1-4H3. The van der Waals surface area contributed by atoms with Gasteiger partial charge in [0.1, 0.15) is 46.0 Å². The van der Waals surface area contributed by atoms with Crippen LogP contribution in [0.2, 0.25) is 0 Å². The van der Waals surface area contributed by atoms with Gasteiger partial charge in [0.25, 0.3) is 0 Å². The van der Waals surface area contributed by atoms with Crippen LogP contribution in [0, 0.1) is 69.0 Å². The number of phenolic OH excluding ortho intramolecular Hbond substituents is 2. The van der Waals surface area contributed by atoms with Gasteiger partial charge in [-0.2, -0.15) is 0 Å². The van der Waals surface area contributed by atoms with E-state index < -0.39 is 0 Å². The predicted molar refractivity (Wildman–Crippen MR) is 296 cm³/mol. The number of aromatic hydroxyl groups is 2. The number of nitrogens with two attached hydrogens (primary N) is 2. The molecule has 4 aromatic carbocycles. The molecule has 0 aromatic heterocycles. The lowest BCUT2D eigenvalue weighted by molar-refractivity contribution is -0.110. The molecule has 16 aliphatic carbocycles. The van der Waals surface area contributed by atoms with E-state index in [1.807, 2.05) is 12.1 Å². The summed E-state index contributed by atoms with van der Waals surface area (Å²) in [6, 6.07) is 21.4. The fourth-order valence-corrected chi connectivity index (χ4v) is 25.1. The molecule has 75 heavy (non-hydrogen) atoms. The van der Waals surface area contributed by atoms with Crippen LogP contribution in [0.3, 0.4) is 0 Å². The summed E-state index contributed by atoms with van der Waals surface area (Å²) in [6.07, 6.45) is 30.2. The van der Waals surface area contributed by atoms with Gasteiger partial charge in [-0.3, -0.25) is 0 Å². The van der Waals surface area contributed by atoms with E-state index in [0.29, 0.717) is 44.9 Å². The van der Waals surface area contributed by atoms with Crippen LogP contribution in [-0.2, 0) is 21.7 Å². The largest absolute Gasteiger partial charge is 0.506 e. The van der Waals surface area contributed by atoms with Gasteiger partial charge < -0.3 is 35.9 Å². The number of nitrogen functional groups attached to an aromatic ring is 2. The molecule has 16 aliphatic rings. The van der Waals surface area contributed by atoms with Crippen LogP contribution < -0.4 is 25.7 Å². The van der Waals surface area contributed by atoms with Crippen molar-refractivity contribution in [2.75, 3.05) is 11.5 Å². The van der Waals surface area contributed by atoms with Crippen LogP contribution in [0.5, 0.6) is 46.0 Å². The van der Waals surface area contributed by atoms with Crippen LogP contribution >= 0.6 is 0 Å². The molecule has 0 heterocycles. The Morgan fingerprint density at radius 2 is 0.653 bits per heavy atom. The van der Waals surface area contributed by atoms with Crippen LogP contribution in [0.4, 0.5) is 11.4 Å². The van der Waals surface area contributed by atoms with E-state index in [9.17, 15) is 10.2 Å². The van der Waals surface area contributed by atoms with Crippen molar-refractivity contribution < 1.29 is 24.4 Å². The Morgan fingerprint density at radius 1 is 0.347 bits per heavy atom. The molecule has 4 unspecified atom stereocenters. The van der Waals surface area contributed by atoms with Gasteiger partial charge in [-0.05, 0) is 282 Å². The number of ether oxygens (including phenoxy) is 3. The Kier molecular flexibility index (Phi) is 9.43. The highest BCUT2D eigenvalue weighted by Gasteiger charge is 2.63. The van der Waals surface area contributed by atoms with Crippen molar-refractivity contribution in [3.8, 4) is 46.0 Å². The van der Waals surface area contributed by atoms with Gasteiger partial charge in [0, 0.05) is 45.2 Å². The smallest absolute Gasteiger partial charge is 0.142 e. The molecule has 16 saturated carbocycles. The third kappa shape index (κ3) is 7.21. The summed E-state index contributed by atoms with van der Waals surface area (Å²) >= 11 is 0. The van der Waals surface area contributed by atoms with E-state index in [4.69, 9.17) is 25.7 Å². The molecule has 6 N–H and O–H groups in total. The normalized spacial score (nSPS) is 44.7. The van der Waals surface area contributed by atoms with Crippen molar-refractivity contribution in [3.63, 3.8) is 0 Å². The molecule has 7 heteroatoms. The highest BCUT2D eigenvalue weighted by molar-refractivity contribution is 5.64. The number of hydrogen-bond donors (Lipinski definition) is 4. The topological polar surface area (TPSA) is 120 Å². The molecule has 0 spiro atoms. The monoisotopic (exact) mass is 1010 g/mol. The Morgan fingerprint density at radius 3 is 0.973 bits per heavy atom. The zero-order chi connectivity index (χ0) is 50.9. The first-order valence-corrected chi connectivity index (χ1v) is 30.3. The minimum absolute atomic E-state index is 0.0414. The summed E-state index contributed by atoms with van der Waals surface area (Å²) < 4.78 is 22.2. The molecule has 396 valence electrons. The third-order valence-electron chi connectivity index (χ3n) is 24.4. The van der Waals surface area contributed by atoms with Gasteiger partial charge in [0.05, 0.1) is 11.4 Å². The molecule has 0 radical (unpaired) electrons. The molecule has 0 saturated heterocycles. The number of hydrogen-bond acceptors (Lipinski definition) is 7. The third-order valence-corrected chi connectivity index (χ3v) is 24.4. The average molecular weight is 1010 g/mol. The van der Waals surface area contributed by atoms with Gasteiger partial charge in [-0.15, -0.1) is 0 Å². The fraction of sp³-hybridized carbons (Fsp3) is 0.647. The summed E-state index contributed by atoms with van der Waals surface area (Å²) in [5.74, 6) is 11.3. The van der Waals surface area contributed by atoms with Crippen molar-refractivity contribution in [1.82, 2.24) is 0 Å². The van der Waals surface area contributed by atoms with Crippen molar-refractivity contribution >= 4 is 11.4 Å². The molecule has 0 aliphatic heterocycles. The maximum Gasteiger partial charge on any atom is 0.142 e. The lowest BCUT2D eigenvalue weighted by Crippen LogP contribution is -2.56. The summed E-state index contributed by atoms with van der Waals surface area (Å²) in [6.45, 7) is 10.3. The molecule has 16 bridgehead atoms. The van der Waals surface area contributed by atoms with E-state index in [1.54, 1.807) is 0 Å². The first-order chi connectivity index (χ1) is 35.7. The van der Waals surface area contributed by atoms with E-state index in [2.05, 4.69) is 76.2 Å². The lowest BCUT2D eigenvalue weighted by atomic mass is 9.39. The van der Waals surface area contributed by atoms with Crippen molar-refractivity contribution in [1.29, 1.82) is 0 Å². The Balaban J connectivity index is 0.805. The SMILES string of the molecule is CC12CC3CC(C)(C1)CC(c1cc(Oc4ccc(Oc5cc(O)c(N)cc5C56CC7CC(CC(C7)C5)C6)c(C56CC7CC(C)(CC(C)(C7)C5)C6)c4)ccc1Oc1cc(O)c(N)cc1C14CC5CC(CC(C5)C1)C4)(C3)C2. The molecular weight excluding hydrogens is 925 g/mol. The van der Waals surface area contributed by atoms with E-state index in [0.717, 1.165) is 95.7 Å². The molecule has 20 rings (SSSR count). The maximum absolute atomic E-state index is 11.4. The van der Waals surface area contributed by atoms with Crippen LogP contribution in [0.15, 0.2) is 60.7 Å². The number of phenols is 2. The van der Waals surface area contributed by atoms with Gasteiger partial charge >= 0.3 is 0 Å². The van der Waals surface area contributed by atoms with E-state index in [-0.39, 0.29) is 33.2 Å². The molecule has 0 amide bonds. The van der Waals surface area contributed by atoms with Crippen molar-refractivity contribution in [2.45, 2.75) is 203 Å². The quantitative estimate of drug-likeness (QED) is 0.0922. The first kappa shape index (κ1) is 46.6. The highest BCUT2D eigenvalue weighted by Crippen LogP contribution is 2.73. The summed E-state index contributed by atoms with van der Waals surface area (Å²) in [7, 11) is 0. The number of anilines is 2. The van der Waals surface area contributed by atoms with Gasteiger partial charge in [-0.1, -0.05) is 27.7 Å². The summed E-state index contributed by atoms with van der Waals surface area (Å²) in [5.41, 5.74) is 20.3. The van der Waals surface area contributed by atoms with Crippen molar-refractivity contribution in [3.05, 3.63) is 82.9 Å². The zero-order valence-corrected chi connectivity index (χ0v) is 45.6. The number of rotatable bonds is 10. The lowest BCUT2D eigenvalue weighted by Gasteiger charge is -2.65. The van der Waals surface area contributed by atoms with Crippen LogP contribution in [-0.4, -0.2) is 10.2 Å². The second-order valence-electron chi connectivity index (χ2n) is 31.7. The average Bonchev–Trinajstić information content (AvgIpc) is 3.45. The van der Waals surface area contributed by atoms with Gasteiger partial charge in [0.2, 0.25) is 0 Å². The van der Waals surface area contributed by atoms with Crippen molar-refractivity contribution in [2.24, 2.45) is 69.0 Å². The van der Waals surface area contributed by atoms with E-state index in [1.165, 1.54) is 151 Å². The Hall–Kier alpha value is -4.52. The Labute approximate surface area is 446 Å². The van der Waals surface area contributed by atoms with Crippen LogP contribution in [0.1, 0.15) is 204 Å². The molecule has 7 nitrogen and oxygen atoms in total. The van der Waals surface area contributed by atoms with Gasteiger partial charge in [-0.25, -0.2) is 0 Å². The molecular formula is C68H84N2O5. The maximum atomic E-state index is 11.4. The zero-order valence-electron chi connectivity index (χ0n) is 45.6. The molecule has 4 atom stereocenters. The molecule has 16 fully saturated rings. The summed E-state index contributed by atoms with van der Waals surface area (Å²) in [4.78, 5) is 0. The first-order valence-electron chi connectivity index (χ1n) is 30.3. The van der Waals surface area contributed by atoms with E-state index >= 15 is 0 Å². The number of benzene rings is 4. The second-order valence-corrected chi connectivity index (χ2v) is 31.7. The minimum atomic E-state index is -0.0414. The highest BCUT2D eigenvalue weighted by atomic mass is 16.5. The predicted octanol–water partition coefficient (Wildman–Crippen LogP) is 17.1. The minimum Gasteiger partial charge on any atom is -0.506 e. The molecule has 4 aromatic rings. The summed E-state index contributed by atoms with van der Waals surface area (Å²) in [5, 5.41) is 22.7. The van der Waals surface area contributed by atoms with Crippen LogP contribution in [0.25, 0.3) is 0 Å². The second kappa shape index (κ2) is 15.2.